The van der Waals surface area contributed by atoms with Gasteiger partial charge in [-0.3, -0.25) is 4.57 Å². The van der Waals surface area contributed by atoms with Gasteiger partial charge in [0.25, 0.3) is 0 Å². The van der Waals surface area contributed by atoms with E-state index in [4.69, 9.17) is 10.5 Å². The van der Waals surface area contributed by atoms with Crippen molar-refractivity contribution in [1.82, 2.24) is 19.5 Å². The predicted molar refractivity (Wildman–Crippen MR) is 85.6 cm³/mol. The summed E-state index contributed by atoms with van der Waals surface area (Å²) < 4.78 is 7.50. The fourth-order valence-electron chi connectivity index (χ4n) is 3.15. The summed E-state index contributed by atoms with van der Waals surface area (Å²) in [5, 5.41) is 0. The number of imidazole rings is 1. The van der Waals surface area contributed by atoms with Crippen LogP contribution in [0.2, 0.25) is 0 Å². The van der Waals surface area contributed by atoms with Crippen molar-refractivity contribution in [2.24, 2.45) is 0 Å². The number of methoxy groups -OCH3 is 1. The number of thioether (sulfide) groups is 1. The molecule has 0 amide bonds. The average Bonchev–Trinajstić information content (AvgIpc) is 2.84. The smallest absolute Gasteiger partial charge is 0.245 e. The Kier molecular flexibility index (Phi) is 3.93. The molecule has 0 aromatic carbocycles. The first-order chi connectivity index (χ1) is 10.2. The van der Waals surface area contributed by atoms with Crippen molar-refractivity contribution in [2.75, 3.05) is 19.1 Å². The molecule has 1 fully saturated rings. The molecule has 6 nitrogen and oxygen atoms in total. The van der Waals surface area contributed by atoms with Crippen LogP contribution >= 0.6 is 11.8 Å². The van der Waals surface area contributed by atoms with E-state index in [1.54, 1.807) is 7.11 Å². The Morgan fingerprint density at radius 1 is 1.33 bits per heavy atom. The molecular weight excluding hydrogens is 286 g/mol. The van der Waals surface area contributed by atoms with Crippen LogP contribution in [0.1, 0.15) is 32.1 Å². The van der Waals surface area contributed by atoms with Gasteiger partial charge in [0, 0.05) is 11.3 Å². The molecule has 1 aliphatic carbocycles. The fourth-order valence-corrected chi connectivity index (χ4v) is 4.10. The average molecular weight is 307 g/mol. The van der Waals surface area contributed by atoms with Crippen molar-refractivity contribution >= 4 is 28.9 Å². The van der Waals surface area contributed by atoms with Crippen LogP contribution in [0.5, 0.6) is 5.88 Å². The summed E-state index contributed by atoms with van der Waals surface area (Å²) >= 11 is 1.94. The maximum absolute atomic E-state index is 6.13. The first-order valence-electron chi connectivity index (χ1n) is 7.25. The molecule has 2 aromatic heterocycles. The molecule has 0 unspecified atom stereocenters. The Morgan fingerprint density at radius 3 is 2.76 bits per heavy atom. The Bertz CT molecular complexity index is 636. The quantitative estimate of drug-likeness (QED) is 0.935. The van der Waals surface area contributed by atoms with Crippen molar-refractivity contribution in [3.05, 3.63) is 6.33 Å². The number of rotatable bonds is 4. The lowest BCUT2D eigenvalue weighted by molar-refractivity contribution is 0.362. The van der Waals surface area contributed by atoms with Gasteiger partial charge in [0.2, 0.25) is 11.8 Å². The number of nitrogens with two attached hydrogens (primary N) is 1. The molecule has 3 rings (SSSR count). The number of hydrogen-bond donors (Lipinski definition) is 1. The zero-order chi connectivity index (χ0) is 14.9. The minimum Gasteiger partial charge on any atom is -0.479 e. The lowest BCUT2D eigenvalue weighted by Gasteiger charge is -2.36. The third-order valence-corrected chi connectivity index (χ3v) is 5.77. The maximum atomic E-state index is 6.13. The van der Waals surface area contributed by atoms with Gasteiger partial charge in [-0.2, -0.15) is 16.7 Å². The lowest BCUT2D eigenvalue weighted by atomic mass is 9.88. The first-order valence-corrected chi connectivity index (χ1v) is 8.47. The Morgan fingerprint density at radius 2 is 2.10 bits per heavy atom. The summed E-state index contributed by atoms with van der Waals surface area (Å²) in [7, 11) is 1.58. The molecule has 2 heterocycles. The van der Waals surface area contributed by atoms with Crippen LogP contribution in [-0.2, 0) is 6.54 Å². The van der Waals surface area contributed by atoms with Crippen LogP contribution in [0, 0.1) is 0 Å². The van der Waals surface area contributed by atoms with Crippen LogP contribution in [0.25, 0.3) is 11.2 Å². The molecule has 114 valence electrons. The minimum atomic E-state index is 0.234. The summed E-state index contributed by atoms with van der Waals surface area (Å²) in [6, 6.07) is 0. The number of fused-ring (bicyclic) bond motifs is 1. The Balaban J connectivity index is 2.02. The van der Waals surface area contributed by atoms with E-state index in [2.05, 4.69) is 21.2 Å². The standard InChI is InChI=1S/C14H21N5OS/c1-20-12-10-11(16-9-17-12)19(13(15)18-10)8-14(21-2)6-4-3-5-7-14/h9H,3-8H2,1-2H3,(H2,15,18). The minimum absolute atomic E-state index is 0.234. The normalized spacial score (nSPS) is 18.0. The second-order valence-electron chi connectivity index (χ2n) is 5.56. The zero-order valence-electron chi connectivity index (χ0n) is 12.5. The first kappa shape index (κ1) is 14.4. The van der Waals surface area contributed by atoms with Crippen molar-refractivity contribution in [3.8, 4) is 5.88 Å². The van der Waals surface area contributed by atoms with Gasteiger partial charge in [0.05, 0.1) is 7.11 Å². The molecule has 0 aliphatic heterocycles. The van der Waals surface area contributed by atoms with E-state index in [0.29, 0.717) is 17.3 Å². The van der Waals surface area contributed by atoms with E-state index in [1.807, 2.05) is 16.3 Å². The highest BCUT2D eigenvalue weighted by molar-refractivity contribution is 8.00. The molecule has 0 spiro atoms. The predicted octanol–water partition coefficient (Wildman–Crippen LogP) is 2.48. The van der Waals surface area contributed by atoms with E-state index in [9.17, 15) is 0 Å². The monoisotopic (exact) mass is 307 g/mol. The largest absolute Gasteiger partial charge is 0.479 e. The van der Waals surface area contributed by atoms with Crippen LogP contribution < -0.4 is 10.5 Å². The molecule has 0 bridgehead atoms. The van der Waals surface area contributed by atoms with Crippen LogP contribution in [-0.4, -0.2) is 37.6 Å². The lowest BCUT2D eigenvalue weighted by Crippen LogP contribution is -2.33. The molecule has 0 radical (unpaired) electrons. The summed E-state index contributed by atoms with van der Waals surface area (Å²) in [6.45, 7) is 0.844. The second-order valence-corrected chi connectivity index (χ2v) is 6.83. The molecule has 0 atom stereocenters. The highest BCUT2D eigenvalue weighted by Crippen LogP contribution is 2.41. The van der Waals surface area contributed by atoms with Crippen LogP contribution in [0.3, 0.4) is 0 Å². The van der Waals surface area contributed by atoms with Gasteiger partial charge < -0.3 is 10.5 Å². The third-order valence-electron chi connectivity index (χ3n) is 4.37. The fraction of sp³-hybridized carbons (Fsp3) is 0.643. The molecule has 7 heteroatoms. The number of nitrogen functional groups attached to an aromatic ring is 1. The Labute approximate surface area is 128 Å². The maximum Gasteiger partial charge on any atom is 0.245 e. The number of aromatic nitrogens is 4. The number of ether oxygens (including phenoxy) is 1. The molecule has 1 aliphatic rings. The summed E-state index contributed by atoms with van der Waals surface area (Å²) in [5.41, 5.74) is 7.53. The molecule has 2 N–H and O–H groups in total. The van der Waals surface area contributed by atoms with Gasteiger partial charge in [-0.05, 0) is 19.1 Å². The number of hydrogen-bond acceptors (Lipinski definition) is 6. The van der Waals surface area contributed by atoms with Gasteiger partial charge in [-0.25, -0.2) is 9.97 Å². The van der Waals surface area contributed by atoms with Gasteiger partial charge in [0.15, 0.2) is 11.2 Å². The number of nitrogens with zero attached hydrogens (tertiary/aromatic N) is 4. The Hall–Kier alpha value is -1.50. The van der Waals surface area contributed by atoms with Crippen molar-refractivity contribution in [2.45, 2.75) is 43.4 Å². The highest BCUT2D eigenvalue weighted by atomic mass is 32.2. The topological polar surface area (TPSA) is 78.8 Å². The molecule has 2 aromatic rings. The van der Waals surface area contributed by atoms with Crippen molar-refractivity contribution in [3.63, 3.8) is 0 Å². The second kappa shape index (κ2) is 5.71. The summed E-state index contributed by atoms with van der Waals surface area (Å²) in [6.07, 6.45) is 10.0. The SMILES string of the molecule is COc1ncnc2c1nc(N)n2CC1(SC)CCCCC1. The van der Waals surface area contributed by atoms with E-state index >= 15 is 0 Å². The molecule has 21 heavy (non-hydrogen) atoms. The zero-order valence-corrected chi connectivity index (χ0v) is 13.3. The summed E-state index contributed by atoms with van der Waals surface area (Å²) in [4.78, 5) is 12.9. The van der Waals surface area contributed by atoms with Gasteiger partial charge >= 0.3 is 0 Å². The van der Waals surface area contributed by atoms with Gasteiger partial charge in [-0.1, -0.05) is 19.3 Å². The van der Waals surface area contributed by atoms with Crippen molar-refractivity contribution in [1.29, 1.82) is 0 Å². The highest BCUT2D eigenvalue weighted by Gasteiger charge is 2.33. The number of anilines is 1. The van der Waals surface area contributed by atoms with E-state index < -0.39 is 0 Å². The van der Waals surface area contributed by atoms with Crippen molar-refractivity contribution < 1.29 is 4.74 Å². The van der Waals surface area contributed by atoms with E-state index in [1.165, 1.54) is 38.4 Å². The molecule has 1 saturated carbocycles. The molecular formula is C14H21N5OS. The van der Waals surface area contributed by atoms with E-state index in [0.717, 1.165) is 12.2 Å². The van der Waals surface area contributed by atoms with Crippen LogP contribution in [0.15, 0.2) is 6.33 Å². The summed E-state index contributed by atoms with van der Waals surface area (Å²) in [5.74, 6) is 0.968. The van der Waals surface area contributed by atoms with Gasteiger partial charge in [0.1, 0.15) is 6.33 Å². The third kappa shape index (κ3) is 2.54. The molecule has 0 saturated heterocycles. The van der Waals surface area contributed by atoms with Crippen LogP contribution in [0.4, 0.5) is 5.95 Å². The van der Waals surface area contributed by atoms with E-state index in [-0.39, 0.29) is 4.75 Å². The van der Waals surface area contributed by atoms with Gasteiger partial charge in [-0.15, -0.1) is 0 Å².